The van der Waals surface area contributed by atoms with Crippen molar-refractivity contribution in [2.75, 3.05) is 19.0 Å². The zero-order chi connectivity index (χ0) is 19.1. The Morgan fingerprint density at radius 1 is 1.12 bits per heavy atom. The van der Waals surface area contributed by atoms with E-state index in [2.05, 4.69) is 5.32 Å². The summed E-state index contributed by atoms with van der Waals surface area (Å²) in [5.41, 5.74) is 3.82. The second-order valence-electron chi connectivity index (χ2n) is 6.08. The summed E-state index contributed by atoms with van der Waals surface area (Å²) >= 11 is 0. The lowest BCUT2D eigenvalue weighted by Gasteiger charge is -2.16. The van der Waals surface area contributed by atoms with Crippen LogP contribution in [-0.4, -0.2) is 24.5 Å². The van der Waals surface area contributed by atoms with E-state index in [0.29, 0.717) is 5.56 Å². The molecule has 136 valence electrons. The number of ether oxygens (including phenoxy) is 1. The Balaban J connectivity index is 2.39. The number of methoxy groups -OCH3 is 1. The van der Waals surface area contributed by atoms with Gasteiger partial charge >= 0.3 is 5.97 Å². The highest BCUT2D eigenvalue weighted by molar-refractivity contribution is 5.90. The zero-order valence-corrected chi connectivity index (χ0v) is 15.1. The van der Waals surface area contributed by atoms with Crippen molar-refractivity contribution in [1.29, 1.82) is 0 Å². The lowest BCUT2D eigenvalue weighted by Crippen LogP contribution is -2.21. The molecule has 0 fully saturated rings. The van der Waals surface area contributed by atoms with Gasteiger partial charge in [-0.25, -0.2) is 4.79 Å². The summed E-state index contributed by atoms with van der Waals surface area (Å²) in [5.74, 6) is -1.31. The third-order valence-electron chi connectivity index (χ3n) is 4.05. The van der Waals surface area contributed by atoms with Crippen molar-refractivity contribution < 1.29 is 14.5 Å². The van der Waals surface area contributed by atoms with Crippen molar-refractivity contribution in [3.63, 3.8) is 0 Å². The van der Waals surface area contributed by atoms with E-state index in [9.17, 15) is 14.9 Å². The minimum absolute atomic E-state index is 0.202. The Labute approximate surface area is 152 Å². The molecule has 6 nitrogen and oxygen atoms in total. The van der Waals surface area contributed by atoms with Gasteiger partial charge in [0.05, 0.1) is 18.6 Å². The van der Waals surface area contributed by atoms with E-state index in [0.717, 1.165) is 16.8 Å². The molecule has 1 unspecified atom stereocenters. The molecule has 0 aliphatic rings. The number of aryl methyl sites for hydroxylation is 2. The van der Waals surface area contributed by atoms with Crippen molar-refractivity contribution in [1.82, 2.24) is 0 Å². The fourth-order valence-corrected chi connectivity index (χ4v) is 2.56. The van der Waals surface area contributed by atoms with E-state index in [1.165, 1.54) is 13.3 Å². The first-order valence-electron chi connectivity index (χ1n) is 8.20. The van der Waals surface area contributed by atoms with E-state index in [4.69, 9.17) is 4.74 Å². The van der Waals surface area contributed by atoms with Gasteiger partial charge in [0.15, 0.2) is 0 Å². The molecule has 0 saturated heterocycles. The molecule has 1 N–H and O–H groups in total. The predicted octanol–water partition coefficient (Wildman–Crippen LogP) is 3.83. The fourth-order valence-electron chi connectivity index (χ4n) is 2.56. The van der Waals surface area contributed by atoms with Crippen LogP contribution in [0.4, 0.5) is 5.69 Å². The average molecular weight is 354 g/mol. The van der Waals surface area contributed by atoms with E-state index in [1.807, 2.05) is 50.2 Å². The largest absolute Gasteiger partial charge is 0.466 e. The van der Waals surface area contributed by atoms with Crippen LogP contribution in [0.3, 0.4) is 0 Å². The minimum atomic E-state index is -0.712. The van der Waals surface area contributed by atoms with Crippen molar-refractivity contribution in [3.05, 3.63) is 87.1 Å². The smallest absolute Gasteiger partial charge is 0.336 e. The van der Waals surface area contributed by atoms with Crippen LogP contribution in [0.5, 0.6) is 0 Å². The molecule has 0 aliphatic heterocycles. The molecule has 0 saturated carbocycles. The summed E-state index contributed by atoms with van der Waals surface area (Å²) < 4.78 is 4.86. The number of nitrogens with zero attached hydrogens (tertiary/aromatic N) is 1. The van der Waals surface area contributed by atoms with Gasteiger partial charge in [0.25, 0.3) is 0 Å². The lowest BCUT2D eigenvalue weighted by molar-refractivity contribution is -0.481. The molecule has 2 rings (SSSR count). The maximum atomic E-state index is 12.3. The van der Waals surface area contributed by atoms with Crippen molar-refractivity contribution in [2.24, 2.45) is 0 Å². The standard InChI is InChI=1S/C20H22N2O4/c1-14-4-8-16(9-5-14)19(13-22(24)25)18(20(23)26-3)12-21-17-10-6-15(2)7-11-17/h4-12,19,21H,13H2,1-3H3/b18-12-. The van der Waals surface area contributed by atoms with E-state index in [-0.39, 0.29) is 5.57 Å². The van der Waals surface area contributed by atoms with Gasteiger partial charge in [-0.05, 0) is 31.5 Å². The van der Waals surface area contributed by atoms with Gasteiger partial charge in [0.2, 0.25) is 6.54 Å². The molecule has 0 aromatic heterocycles. The van der Waals surface area contributed by atoms with Crippen LogP contribution in [0.2, 0.25) is 0 Å². The summed E-state index contributed by atoms with van der Waals surface area (Å²) in [6.45, 7) is 3.51. The van der Waals surface area contributed by atoms with Crippen molar-refractivity contribution in [3.8, 4) is 0 Å². The number of anilines is 1. The number of benzene rings is 2. The van der Waals surface area contributed by atoms with E-state index in [1.54, 1.807) is 12.1 Å². The van der Waals surface area contributed by atoms with Gasteiger partial charge in [-0.2, -0.15) is 0 Å². The maximum absolute atomic E-state index is 12.3. The second kappa shape index (κ2) is 8.80. The Morgan fingerprint density at radius 2 is 1.65 bits per heavy atom. The highest BCUT2D eigenvalue weighted by atomic mass is 16.6. The molecular formula is C20H22N2O4. The van der Waals surface area contributed by atoms with Crippen molar-refractivity contribution >= 4 is 11.7 Å². The molecule has 2 aromatic carbocycles. The van der Waals surface area contributed by atoms with Crippen LogP contribution < -0.4 is 5.32 Å². The van der Waals surface area contributed by atoms with Gasteiger partial charge < -0.3 is 10.1 Å². The Morgan fingerprint density at radius 3 is 2.15 bits per heavy atom. The molecule has 1 atom stereocenters. The van der Waals surface area contributed by atoms with E-state index >= 15 is 0 Å². The van der Waals surface area contributed by atoms with E-state index < -0.39 is 23.4 Å². The van der Waals surface area contributed by atoms with Gasteiger partial charge in [-0.15, -0.1) is 0 Å². The number of nitrogens with one attached hydrogen (secondary N) is 1. The topological polar surface area (TPSA) is 81.5 Å². The number of hydrogen-bond acceptors (Lipinski definition) is 5. The summed E-state index contributed by atoms with van der Waals surface area (Å²) in [4.78, 5) is 23.1. The molecule has 0 radical (unpaired) electrons. The normalized spacial score (nSPS) is 12.3. The number of esters is 1. The first-order chi connectivity index (χ1) is 12.4. The summed E-state index contributed by atoms with van der Waals surface area (Å²) in [7, 11) is 1.26. The number of nitro groups is 1. The quantitative estimate of drug-likeness (QED) is 0.354. The molecule has 6 heteroatoms. The van der Waals surface area contributed by atoms with Crippen molar-refractivity contribution in [2.45, 2.75) is 19.8 Å². The van der Waals surface area contributed by atoms with Crippen LogP contribution in [0, 0.1) is 24.0 Å². The van der Waals surface area contributed by atoms with Gasteiger partial charge in [-0.3, -0.25) is 10.1 Å². The molecular weight excluding hydrogens is 332 g/mol. The van der Waals surface area contributed by atoms with Crippen LogP contribution in [0.25, 0.3) is 0 Å². The highest BCUT2D eigenvalue weighted by Gasteiger charge is 2.28. The summed E-state index contributed by atoms with van der Waals surface area (Å²) in [6, 6.07) is 14.9. The summed E-state index contributed by atoms with van der Waals surface area (Å²) in [5, 5.41) is 14.2. The highest BCUT2D eigenvalue weighted by Crippen LogP contribution is 2.26. The third-order valence-corrected chi connectivity index (χ3v) is 4.05. The molecule has 0 spiro atoms. The molecule has 2 aromatic rings. The number of carbonyl (C=O) groups excluding carboxylic acids is 1. The maximum Gasteiger partial charge on any atom is 0.336 e. The number of carbonyl (C=O) groups is 1. The Hall–Kier alpha value is -3.15. The first-order valence-corrected chi connectivity index (χ1v) is 8.20. The van der Waals surface area contributed by atoms with Gasteiger partial charge in [-0.1, -0.05) is 47.5 Å². The first kappa shape index (κ1) is 19.2. The Kier molecular flexibility index (Phi) is 6.49. The molecule has 0 aliphatic carbocycles. The SMILES string of the molecule is COC(=O)/C(=C\Nc1ccc(C)cc1)C(C[N+](=O)[O-])c1ccc(C)cc1. The molecule has 26 heavy (non-hydrogen) atoms. The molecule has 0 amide bonds. The van der Waals surface area contributed by atoms with Crippen LogP contribution >= 0.6 is 0 Å². The van der Waals surface area contributed by atoms with Crippen LogP contribution in [0.1, 0.15) is 22.6 Å². The van der Waals surface area contributed by atoms with Crippen LogP contribution in [0.15, 0.2) is 60.3 Å². The van der Waals surface area contributed by atoms with Gasteiger partial charge in [0.1, 0.15) is 0 Å². The van der Waals surface area contributed by atoms with Crippen LogP contribution in [-0.2, 0) is 9.53 Å². The zero-order valence-electron chi connectivity index (χ0n) is 15.1. The molecule has 0 heterocycles. The lowest BCUT2D eigenvalue weighted by atomic mass is 9.91. The third kappa shape index (κ3) is 5.17. The fraction of sp³-hybridized carbons (Fsp3) is 0.250. The van der Waals surface area contributed by atoms with Gasteiger partial charge in [0, 0.05) is 16.8 Å². The second-order valence-corrected chi connectivity index (χ2v) is 6.08. The number of rotatable bonds is 7. The minimum Gasteiger partial charge on any atom is -0.466 e. The monoisotopic (exact) mass is 354 g/mol. The predicted molar refractivity (Wildman–Crippen MR) is 101 cm³/mol. The molecule has 0 bridgehead atoms. The summed E-state index contributed by atoms with van der Waals surface area (Å²) in [6.07, 6.45) is 1.49. The number of hydrogen-bond donors (Lipinski definition) is 1. The Bertz CT molecular complexity index is 796. The average Bonchev–Trinajstić information content (AvgIpc) is 2.62.